The second-order valence-electron chi connectivity index (χ2n) is 0. The molecule has 38 valence electrons. The van der Waals surface area contributed by atoms with Crippen LogP contribution in [0.2, 0.25) is 0 Å². The first kappa shape index (κ1) is 30.0. The van der Waals surface area contributed by atoms with Crippen molar-refractivity contribution in [3.63, 3.8) is 0 Å². The van der Waals surface area contributed by atoms with E-state index in [0.29, 0.717) is 0 Å². The van der Waals surface area contributed by atoms with Gasteiger partial charge in [-0.1, -0.05) is 0 Å². The maximum atomic E-state index is 3.25. The second kappa shape index (κ2) is 273. The molecule has 0 amide bonds. The van der Waals surface area contributed by atoms with Gasteiger partial charge in [-0.15, -0.1) is 0 Å². The van der Waals surface area contributed by atoms with Crippen molar-refractivity contribution in [3.8, 4) is 0 Å². The molecule has 0 bridgehead atoms. The summed E-state index contributed by atoms with van der Waals surface area (Å²) in [4.78, 5) is 0. The van der Waals surface area contributed by atoms with E-state index in [1.54, 1.807) is 13.8 Å². The van der Waals surface area contributed by atoms with Crippen LogP contribution in [0, 0.1) is 13.8 Å². The predicted octanol–water partition coefficient (Wildman–Crippen LogP) is 0.854. The molecule has 6 heavy (non-hydrogen) atoms. The van der Waals surface area contributed by atoms with Gasteiger partial charge in [-0.2, -0.15) is 13.8 Å². The van der Waals surface area contributed by atoms with Crippen LogP contribution < -0.4 is 0 Å². The molecule has 0 aliphatic rings. The summed E-state index contributed by atoms with van der Waals surface area (Å²) in [6, 6.07) is 0. The molecule has 0 heterocycles. The van der Waals surface area contributed by atoms with Gasteiger partial charge in [-0.3, -0.25) is 0 Å². The van der Waals surface area contributed by atoms with Crippen LogP contribution in [0.1, 0.15) is 13.8 Å². The summed E-state index contributed by atoms with van der Waals surface area (Å²) in [5.41, 5.74) is 0. The maximum absolute atomic E-state index is 3.25. The van der Waals surface area contributed by atoms with Gasteiger partial charge >= 0.3 is 21.7 Å². The normalized spacial score (nSPS) is 2.00. The largest absolute Gasteiger partial charge is 2.00 e. The van der Waals surface area contributed by atoms with Gasteiger partial charge in [0.2, 0.25) is 0 Å². The zero-order valence-electron chi connectivity index (χ0n) is 4.41. The van der Waals surface area contributed by atoms with Gasteiger partial charge in [-0.25, -0.2) is 0 Å². The van der Waals surface area contributed by atoms with E-state index in [0.717, 1.165) is 0 Å². The van der Waals surface area contributed by atoms with Crippen LogP contribution in [0.4, 0.5) is 0 Å². The maximum Gasteiger partial charge on any atom is 2.00 e. The molecule has 2 N–H and O–H groups in total. The van der Waals surface area contributed by atoms with Gasteiger partial charge < -0.3 is 19.3 Å². The minimum absolute atomic E-state index is 0. The standard InChI is InChI=1S/2C2H5.H2O.Ti/c2*1-2;;/h2*1H2,2H3;1H2;/q2*-1;;+2. The fourth-order valence-electron chi connectivity index (χ4n) is 0. The Morgan fingerprint density at radius 3 is 0.833 bits per heavy atom. The third-order valence-electron chi connectivity index (χ3n) is 0. The zero-order valence-corrected chi connectivity index (χ0v) is 5.98. The van der Waals surface area contributed by atoms with Crippen LogP contribution >= 0.6 is 0 Å². The van der Waals surface area contributed by atoms with Gasteiger partial charge in [0, 0.05) is 0 Å². The Kier molecular flexibility index (Phi) is 1370. The van der Waals surface area contributed by atoms with Crippen LogP contribution in [-0.4, -0.2) is 5.48 Å². The van der Waals surface area contributed by atoms with Gasteiger partial charge in [0.1, 0.15) is 0 Å². The summed E-state index contributed by atoms with van der Waals surface area (Å²) in [7, 11) is 0. The molecule has 0 spiro atoms. The fourth-order valence-corrected chi connectivity index (χ4v) is 0. The number of hydrogen-bond acceptors (Lipinski definition) is 0. The van der Waals surface area contributed by atoms with E-state index >= 15 is 0 Å². The summed E-state index contributed by atoms with van der Waals surface area (Å²) >= 11 is 0. The van der Waals surface area contributed by atoms with Crippen LogP contribution in [0.15, 0.2) is 0 Å². The Bertz CT molecular complexity index is 7.51. The third kappa shape index (κ3) is 139. The Balaban J connectivity index is -0.00000000500. The Labute approximate surface area is 55.3 Å². The molecule has 0 saturated heterocycles. The summed E-state index contributed by atoms with van der Waals surface area (Å²) in [5.74, 6) is 0. The molecule has 0 fully saturated rings. The van der Waals surface area contributed by atoms with Gasteiger partial charge in [-0.05, 0) is 0 Å². The van der Waals surface area contributed by atoms with Crippen LogP contribution in [0.3, 0.4) is 0 Å². The monoisotopic (exact) mass is 124 g/mol. The minimum atomic E-state index is 0. The molecule has 0 radical (unpaired) electrons. The summed E-state index contributed by atoms with van der Waals surface area (Å²) in [6.07, 6.45) is 0. The Hall–Kier alpha value is 0.674. The first-order chi connectivity index (χ1) is 2.00. The molecule has 0 saturated carbocycles. The summed E-state index contributed by atoms with van der Waals surface area (Å²) < 4.78 is 0. The molecule has 0 unspecified atom stereocenters. The topological polar surface area (TPSA) is 31.5 Å². The molecule has 0 aromatic heterocycles. The Morgan fingerprint density at radius 2 is 0.833 bits per heavy atom. The van der Waals surface area contributed by atoms with Crippen LogP contribution in [-0.2, 0) is 21.7 Å². The third-order valence-corrected chi connectivity index (χ3v) is 0. The van der Waals surface area contributed by atoms with E-state index in [-0.39, 0.29) is 27.2 Å². The molecular formula is C4H12OTi. The van der Waals surface area contributed by atoms with Crippen LogP contribution in [0.25, 0.3) is 0 Å². The molecule has 0 aromatic carbocycles. The van der Waals surface area contributed by atoms with Crippen LogP contribution in [0.5, 0.6) is 0 Å². The van der Waals surface area contributed by atoms with Crippen molar-refractivity contribution in [2.75, 3.05) is 0 Å². The summed E-state index contributed by atoms with van der Waals surface area (Å²) in [6.45, 7) is 10.0. The average Bonchev–Trinajstić information content (AvgIpc) is 1.50. The molecule has 2 heteroatoms. The van der Waals surface area contributed by atoms with Crippen molar-refractivity contribution in [3.05, 3.63) is 13.8 Å². The quantitative estimate of drug-likeness (QED) is 0.338. The van der Waals surface area contributed by atoms with Crippen molar-refractivity contribution >= 4 is 0 Å². The van der Waals surface area contributed by atoms with E-state index in [1.165, 1.54) is 0 Å². The number of hydrogen-bond donors (Lipinski definition) is 0. The van der Waals surface area contributed by atoms with Crippen molar-refractivity contribution in [2.24, 2.45) is 0 Å². The van der Waals surface area contributed by atoms with E-state index in [2.05, 4.69) is 13.8 Å². The van der Waals surface area contributed by atoms with E-state index < -0.39 is 0 Å². The van der Waals surface area contributed by atoms with E-state index in [4.69, 9.17) is 0 Å². The average molecular weight is 124 g/mol. The first-order valence-corrected chi connectivity index (χ1v) is 1.41. The smallest absolute Gasteiger partial charge is 0.412 e. The molecule has 0 aliphatic carbocycles. The van der Waals surface area contributed by atoms with Gasteiger partial charge in [0.15, 0.2) is 0 Å². The van der Waals surface area contributed by atoms with Crippen molar-refractivity contribution in [1.82, 2.24) is 0 Å². The van der Waals surface area contributed by atoms with Gasteiger partial charge in [0.25, 0.3) is 0 Å². The van der Waals surface area contributed by atoms with Gasteiger partial charge in [0.05, 0.1) is 0 Å². The Morgan fingerprint density at radius 1 is 0.833 bits per heavy atom. The molecule has 0 aromatic rings. The summed E-state index contributed by atoms with van der Waals surface area (Å²) in [5, 5.41) is 0. The second-order valence-corrected chi connectivity index (χ2v) is 0. The molecule has 0 aliphatic heterocycles. The predicted molar refractivity (Wildman–Crippen MR) is 25.7 cm³/mol. The SMILES string of the molecule is O.[CH2-]C.[CH2-]C.[Ti+2]. The fraction of sp³-hybridized carbons (Fsp3) is 0.500. The first-order valence-electron chi connectivity index (χ1n) is 1.41. The molecule has 1 nitrogen and oxygen atoms in total. The van der Waals surface area contributed by atoms with E-state index in [1.807, 2.05) is 0 Å². The van der Waals surface area contributed by atoms with Crippen molar-refractivity contribution in [2.45, 2.75) is 13.8 Å². The molecule has 0 rings (SSSR count). The molecular weight excluding hydrogens is 112 g/mol. The van der Waals surface area contributed by atoms with Crippen molar-refractivity contribution in [1.29, 1.82) is 0 Å². The van der Waals surface area contributed by atoms with Crippen molar-refractivity contribution < 1.29 is 27.2 Å². The molecule has 0 atom stereocenters. The van der Waals surface area contributed by atoms with E-state index in [9.17, 15) is 0 Å². The zero-order chi connectivity index (χ0) is 4.00. The number of rotatable bonds is 0. The minimum Gasteiger partial charge on any atom is -0.412 e.